The lowest BCUT2D eigenvalue weighted by Crippen LogP contribution is -1.95. The maximum atomic E-state index is 5.17. The van der Waals surface area contributed by atoms with E-state index in [1.54, 1.807) is 6.20 Å². The molecule has 0 unspecified atom stereocenters. The Labute approximate surface area is 80.1 Å². The third-order valence-corrected chi connectivity index (χ3v) is 1.32. The maximum Gasteiger partial charge on any atom is 0.213 e. The smallest absolute Gasteiger partial charge is 0.213 e. The minimum Gasteiger partial charge on any atom is -0.478 e. The highest BCUT2D eigenvalue weighted by molar-refractivity contribution is 5.40. The van der Waals surface area contributed by atoms with Crippen molar-refractivity contribution < 1.29 is 4.74 Å². The Morgan fingerprint density at radius 1 is 1.38 bits per heavy atom. The number of hydrogen-bond donors (Lipinski definition) is 1. The zero-order valence-electron chi connectivity index (χ0n) is 8.79. The van der Waals surface area contributed by atoms with Gasteiger partial charge in [0.2, 0.25) is 5.88 Å². The number of ether oxygens (including phenoxy) is 1. The summed E-state index contributed by atoms with van der Waals surface area (Å²) in [6, 6.07) is 3.77. The van der Waals surface area contributed by atoms with E-state index in [1.807, 2.05) is 40.0 Å². The third kappa shape index (κ3) is 4.35. The molecule has 0 bridgehead atoms. The fourth-order valence-electron chi connectivity index (χ4n) is 0.761. The average Bonchev–Trinajstić information content (AvgIpc) is 2.23. The van der Waals surface area contributed by atoms with Crippen LogP contribution in [0.25, 0.3) is 0 Å². The van der Waals surface area contributed by atoms with Gasteiger partial charge in [-0.25, -0.2) is 4.98 Å². The van der Waals surface area contributed by atoms with Gasteiger partial charge in [-0.1, -0.05) is 13.8 Å². The summed E-state index contributed by atoms with van der Waals surface area (Å²) >= 11 is 0. The van der Waals surface area contributed by atoms with Gasteiger partial charge in [0.15, 0.2) is 0 Å². The van der Waals surface area contributed by atoms with Crippen molar-refractivity contribution in [3.05, 3.63) is 18.3 Å². The van der Waals surface area contributed by atoms with Gasteiger partial charge in [0.25, 0.3) is 0 Å². The zero-order chi connectivity index (χ0) is 10.1. The first kappa shape index (κ1) is 11.8. The normalized spacial score (nSPS) is 8.31. The van der Waals surface area contributed by atoms with Crippen molar-refractivity contribution in [2.75, 3.05) is 19.0 Å². The van der Waals surface area contributed by atoms with E-state index >= 15 is 0 Å². The van der Waals surface area contributed by atoms with Crippen LogP contribution < -0.4 is 10.1 Å². The number of anilines is 1. The first-order chi connectivity index (χ1) is 6.36. The average molecular weight is 182 g/mol. The third-order valence-electron chi connectivity index (χ3n) is 1.32. The number of aromatic nitrogens is 1. The SMILES string of the molecule is CC.CCOc1ccc(NC)cn1. The van der Waals surface area contributed by atoms with Crippen molar-refractivity contribution in [1.29, 1.82) is 0 Å². The lowest BCUT2D eigenvalue weighted by molar-refractivity contribution is 0.327. The van der Waals surface area contributed by atoms with Gasteiger partial charge < -0.3 is 10.1 Å². The van der Waals surface area contributed by atoms with E-state index in [0.717, 1.165) is 5.69 Å². The predicted molar refractivity (Wildman–Crippen MR) is 56.3 cm³/mol. The minimum absolute atomic E-state index is 0.659. The Bertz CT molecular complexity index is 209. The van der Waals surface area contributed by atoms with Gasteiger partial charge in [-0.2, -0.15) is 0 Å². The van der Waals surface area contributed by atoms with E-state index in [4.69, 9.17) is 4.74 Å². The first-order valence-electron chi connectivity index (χ1n) is 4.63. The fourth-order valence-corrected chi connectivity index (χ4v) is 0.761. The zero-order valence-corrected chi connectivity index (χ0v) is 8.79. The molecule has 0 saturated heterocycles. The number of nitrogens with zero attached hydrogens (tertiary/aromatic N) is 1. The minimum atomic E-state index is 0.659. The molecule has 0 aromatic carbocycles. The van der Waals surface area contributed by atoms with Crippen LogP contribution in [0.1, 0.15) is 20.8 Å². The molecular formula is C10H18N2O. The quantitative estimate of drug-likeness (QED) is 0.780. The summed E-state index contributed by atoms with van der Waals surface area (Å²) in [6.45, 7) is 6.60. The van der Waals surface area contributed by atoms with E-state index in [-0.39, 0.29) is 0 Å². The molecule has 1 heterocycles. The molecule has 1 aromatic rings. The predicted octanol–water partition coefficient (Wildman–Crippen LogP) is 2.55. The highest BCUT2D eigenvalue weighted by Crippen LogP contribution is 2.09. The van der Waals surface area contributed by atoms with Crippen LogP contribution in [0.3, 0.4) is 0 Å². The van der Waals surface area contributed by atoms with E-state index in [1.165, 1.54) is 0 Å². The van der Waals surface area contributed by atoms with Gasteiger partial charge in [-0.05, 0) is 13.0 Å². The molecule has 0 atom stereocenters. The van der Waals surface area contributed by atoms with Crippen LogP contribution in [0.2, 0.25) is 0 Å². The summed E-state index contributed by atoms with van der Waals surface area (Å²) in [6.07, 6.45) is 1.74. The second kappa shape index (κ2) is 7.40. The molecule has 0 amide bonds. The van der Waals surface area contributed by atoms with Crippen molar-refractivity contribution in [3.8, 4) is 5.88 Å². The number of rotatable bonds is 3. The van der Waals surface area contributed by atoms with Gasteiger partial charge in [-0.15, -0.1) is 0 Å². The summed E-state index contributed by atoms with van der Waals surface area (Å²) in [5.41, 5.74) is 0.994. The lowest BCUT2D eigenvalue weighted by Gasteiger charge is -2.02. The van der Waals surface area contributed by atoms with E-state index in [9.17, 15) is 0 Å². The van der Waals surface area contributed by atoms with Crippen molar-refractivity contribution in [1.82, 2.24) is 4.98 Å². The second-order valence-electron chi connectivity index (χ2n) is 2.07. The highest BCUT2D eigenvalue weighted by Gasteiger charge is 1.91. The summed E-state index contributed by atoms with van der Waals surface area (Å²) in [5, 5.41) is 2.98. The van der Waals surface area contributed by atoms with Crippen LogP contribution in [0.5, 0.6) is 5.88 Å². The van der Waals surface area contributed by atoms with Crippen LogP contribution >= 0.6 is 0 Å². The van der Waals surface area contributed by atoms with E-state index in [2.05, 4.69) is 10.3 Å². The van der Waals surface area contributed by atoms with E-state index in [0.29, 0.717) is 12.5 Å². The Kier molecular flexibility index (Phi) is 6.69. The van der Waals surface area contributed by atoms with Gasteiger partial charge in [0.05, 0.1) is 18.5 Å². The summed E-state index contributed by atoms with van der Waals surface area (Å²) in [5.74, 6) is 0.673. The summed E-state index contributed by atoms with van der Waals surface area (Å²) < 4.78 is 5.17. The van der Waals surface area contributed by atoms with Crippen LogP contribution in [0.4, 0.5) is 5.69 Å². The second-order valence-corrected chi connectivity index (χ2v) is 2.07. The molecule has 0 aliphatic carbocycles. The van der Waals surface area contributed by atoms with Gasteiger partial charge in [0.1, 0.15) is 0 Å². The molecule has 0 fully saturated rings. The molecule has 0 spiro atoms. The molecule has 0 radical (unpaired) electrons. The van der Waals surface area contributed by atoms with Crippen LogP contribution in [-0.4, -0.2) is 18.6 Å². The first-order valence-corrected chi connectivity index (χ1v) is 4.63. The molecule has 0 aliphatic rings. The Morgan fingerprint density at radius 2 is 2.08 bits per heavy atom. The van der Waals surface area contributed by atoms with Crippen molar-refractivity contribution in [2.24, 2.45) is 0 Å². The Hall–Kier alpha value is -1.25. The topological polar surface area (TPSA) is 34.1 Å². The van der Waals surface area contributed by atoms with Crippen molar-refractivity contribution in [3.63, 3.8) is 0 Å². The monoisotopic (exact) mass is 182 g/mol. The summed E-state index contributed by atoms with van der Waals surface area (Å²) in [7, 11) is 1.86. The molecule has 1 aromatic heterocycles. The lowest BCUT2D eigenvalue weighted by atomic mass is 10.4. The molecule has 0 saturated carbocycles. The van der Waals surface area contributed by atoms with Gasteiger partial charge in [-0.3, -0.25) is 0 Å². The molecule has 74 valence electrons. The highest BCUT2D eigenvalue weighted by atomic mass is 16.5. The number of hydrogen-bond acceptors (Lipinski definition) is 3. The van der Waals surface area contributed by atoms with Crippen LogP contribution in [0.15, 0.2) is 18.3 Å². The Morgan fingerprint density at radius 3 is 2.46 bits per heavy atom. The van der Waals surface area contributed by atoms with E-state index < -0.39 is 0 Å². The number of pyridine rings is 1. The van der Waals surface area contributed by atoms with Crippen molar-refractivity contribution >= 4 is 5.69 Å². The molecule has 13 heavy (non-hydrogen) atoms. The number of nitrogens with one attached hydrogen (secondary N) is 1. The van der Waals surface area contributed by atoms with Gasteiger partial charge in [0, 0.05) is 13.1 Å². The van der Waals surface area contributed by atoms with Gasteiger partial charge >= 0.3 is 0 Å². The van der Waals surface area contributed by atoms with Crippen LogP contribution in [0, 0.1) is 0 Å². The molecule has 3 nitrogen and oxygen atoms in total. The summed E-state index contributed by atoms with van der Waals surface area (Å²) in [4.78, 5) is 4.05. The molecular weight excluding hydrogens is 164 g/mol. The molecule has 3 heteroatoms. The van der Waals surface area contributed by atoms with Crippen LogP contribution in [-0.2, 0) is 0 Å². The molecule has 0 aliphatic heterocycles. The molecule has 1 rings (SSSR count). The maximum absolute atomic E-state index is 5.17. The molecule has 1 N–H and O–H groups in total. The Balaban J connectivity index is 0.000000671. The fraction of sp³-hybridized carbons (Fsp3) is 0.500. The van der Waals surface area contributed by atoms with Crippen molar-refractivity contribution in [2.45, 2.75) is 20.8 Å². The largest absolute Gasteiger partial charge is 0.478 e. The standard InChI is InChI=1S/C8H12N2O.C2H6/c1-3-11-8-5-4-7(9-2)6-10-8;1-2/h4-6,9H,3H2,1-2H3;1-2H3.